The molecule has 1 amide bonds. The SMILES string of the molecule is Cc1cccc(-c2n[nH]c(=S)n2CC(=O)NC[C@H](c2ccccc2)N(C)C)c1. The molecule has 2 N–H and O–H groups in total. The number of aryl methyl sites for hydroxylation is 1. The maximum atomic E-state index is 12.6. The highest BCUT2D eigenvalue weighted by Gasteiger charge is 2.17. The summed E-state index contributed by atoms with van der Waals surface area (Å²) in [5.41, 5.74) is 3.21. The lowest BCUT2D eigenvalue weighted by Gasteiger charge is -2.25. The van der Waals surface area contributed by atoms with E-state index in [0.717, 1.165) is 16.7 Å². The topological polar surface area (TPSA) is 66.0 Å². The van der Waals surface area contributed by atoms with Gasteiger partial charge in [0.2, 0.25) is 5.91 Å². The fourth-order valence-electron chi connectivity index (χ4n) is 3.15. The van der Waals surface area contributed by atoms with E-state index in [1.165, 1.54) is 0 Å². The van der Waals surface area contributed by atoms with Crippen molar-refractivity contribution in [2.45, 2.75) is 19.5 Å². The van der Waals surface area contributed by atoms with Crippen molar-refractivity contribution >= 4 is 18.1 Å². The Balaban J connectivity index is 1.72. The Labute approximate surface area is 170 Å². The van der Waals surface area contributed by atoms with E-state index in [2.05, 4.69) is 32.5 Å². The van der Waals surface area contributed by atoms with Crippen LogP contribution in [0.25, 0.3) is 11.4 Å². The molecule has 0 aliphatic heterocycles. The van der Waals surface area contributed by atoms with Crippen molar-refractivity contribution in [1.82, 2.24) is 25.0 Å². The van der Waals surface area contributed by atoms with Crippen LogP contribution in [0.3, 0.4) is 0 Å². The second-order valence-electron chi connectivity index (χ2n) is 7.00. The van der Waals surface area contributed by atoms with Crippen molar-refractivity contribution in [3.05, 3.63) is 70.5 Å². The normalized spacial score (nSPS) is 12.1. The molecule has 1 heterocycles. The van der Waals surface area contributed by atoms with E-state index in [9.17, 15) is 4.79 Å². The molecule has 1 atom stereocenters. The van der Waals surface area contributed by atoms with Gasteiger partial charge in [-0.15, -0.1) is 0 Å². The highest BCUT2D eigenvalue weighted by molar-refractivity contribution is 7.71. The number of likely N-dealkylation sites (N-methyl/N-ethyl adjacent to an activating group) is 1. The van der Waals surface area contributed by atoms with Crippen molar-refractivity contribution in [1.29, 1.82) is 0 Å². The van der Waals surface area contributed by atoms with Crippen LogP contribution in [0.5, 0.6) is 0 Å². The molecule has 3 rings (SSSR count). The van der Waals surface area contributed by atoms with Gasteiger partial charge in [0.25, 0.3) is 0 Å². The van der Waals surface area contributed by atoms with Gasteiger partial charge in [0.15, 0.2) is 10.6 Å². The van der Waals surface area contributed by atoms with Gasteiger partial charge in [-0.3, -0.25) is 14.5 Å². The van der Waals surface area contributed by atoms with Crippen LogP contribution in [-0.2, 0) is 11.3 Å². The summed E-state index contributed by atoms with van der Waals surface area (Å²) in [5, 5.41) is 10.1. The molecule has 0 unspecified atom stereocenters. The average molecular weight is 396 g/mol. The number of aromatic nitrogens is 3. The van der Waals surface area contributed by atoms with Gasteiger partial charge in [-0.2, -0.15) is 5.10 Å². The van der Waals surface area contributed by atoms with Crippen LogP contribution in [-0.4, -0.2) is 46.2 Å². The Morgan fingerprint density at radius 2 is 1.96 bits per heavy atom. The summed E-state index contributed by atoms with van der Waals surface area (Å²) in [5.74, 6) is 0.560. The molecule has 1 aromatic heterocycles. The minimum atomic E-state index is -0.103. The molecule has 0 fully saturated rings. The Morgan fingerprint density at radius 3 is 2.64 bits per heavy atom. The third-order valence-electron chi connectivity index (χ3n) is 4.64. The largest absolute Gasteiger partial charge is 0.353 e. The number of benzene rings is 2. The summed E-state index contributed by atoms with van der Waals surface area (Å²) in [7, 11) is 4.01. The van der Waals surface area contributed by atoms with Crippen molar-refractivity contribution < 1.29 is 4.79 Å². The van der Waals surface area contributed by atoms with E-state index < -0.39 is 0 Å². The van der Waals surface area contributed by atoms with Crippen molar-refractivity contribution in [3.8, 4) is 11.4 Å². The van der Waals surface area contributed by atoms with Crippen LogP contribution < -0.4 is 5.32 Å². The lowest BCUT2D eigenvalue weighted by molar-refractivity contribution is -0.121. The Hall–Kier alpha value is -2.77. The summed E-state index contributed by atoms with van der Waals surface area (Å²) < 4.78 is 2.16. The molecule has 0 saturated heterocycles. The third-order valence-corrected chi connectivity index (χ3v) is 4.95. The van der Waals surface area contributed by atoms with E-state index in [0.29, 0.717) is 17.1 Å². The smallest absolute Gasteiger partial charge is 0.240 e. The quantitative estimate of drug-likeness (QED) is 0.602. The Kier molecular flexibility index (Phi) is 6.38. The molecule has 0 radical (unpaired) electrons. The Bertz CT molecular complexity index is 993. The summed E-state index contributed by atoms with van der Waals surface area (Å²) in [6, 6.07) is 18.2. The molecular formula is C21H25N5OS. The van der Waals surface area contributed by atoms with Crippen LogP contribution in [0.15, 0.2) is 54.6 Å². The molecular weight excluding hydrogens is 370 g/mol. The minimum Gasteiger partial charge on any atom is -0.353 e. The number of amides is 1. The van der Waals surface area contributed by atoms with E-state index in [-0.39, 0.29) is 18.5 Å². The van der Waals surface area contributed by atoms with E-state index >= 15 is 0 Å². The first-order valence-corrected chi connectivity index (χ1v) is 9.57. The molecule has 0 aliphatic carbocycles. The summed E-state index contributed by atoms with van der Waals surface area (Å²) >= 11 is 5.33. The number of carbonyl (C=O) groups excluding carboxylic acids is 1. The zero-order chi connectivity index (χ0) is 20.1. The molecule has 0 spiro atoms. The molecule has 28 heavy (non-hydrogen) atoms. The van der Waals surface area contributed by atoms with Crippen LogP contribution >= 0.6 is 12.2 Å². The molecule has 2 aromatic carbocycles. The zero-order valence-corrected chi connectivity index (χ0v) is 17.2. The van der Waals surface area contributed by atoms with Gasteiger partial charge in [0, 0.05) is 12.1 Å². The first-order valence-electron chi connectivity index (χ1n) is 9.16. The number of carbonyl (C=O) groups is 1. The minimum absolute atomic E-state index is 0.0960. The average Bonchev–Trinajstić information content (AvgIpc) is 3.03. The van der Waals surface area contributed by atoms with Crippen LogP contribution in [0.1, 0.15) is 17.2 Å². The first kappa shape index (κ1) is 20.0. The van der Waals surface area contributed by atoms with Crippen LogP contribution in [0, 0.1) is 11.7 Å². The van der Waals surface area contributed by atoms with Crippen molar-refractivity contribution in [3.63, 3.8) is 0 Å². The lowest BCUT2D eigenvalue weighted by Crippen LogP contribution is -2.36. The van der Waals surface area contributed by atoms with E-state index in [4.69, 9.17) is 12.2 Å². The molecule has 3 aromatic rings. The predicted octanol–water partition coefficient (Wildman–Crippen LogP) is 3.34. The summed E-state index contributed by atoms with van der Waals surface area (Å²) in [4.78, 5) is 14.7. The monoisotopic (exact) mass is 395 g/mol. The van der Waals surface area contributed by atoms with Crippen molar-refractivity contribution in [2.75, 3.05) is 20.6 Å². The zero-order valence-electron chi connectivity index (χ0n) is 16.3. The van der Waals surface area contributed by atoms with Crippen LogP contribution in [0.2, 0.25) is 0 Å². The van der Waals surface area contributed by atoms with Crippen LogP contribution in [0.4, 0.5) is 0 Å². The lowest BCUT2D eigenvalue weighted by atomic mass is 10.1. The number of nitrogens with one attached hydrogen (secondary N) is 2. The second-order valence-corrected chi connectivity index (χ2v) is 7.39. The van der Waals surface area contributed by atoms with Gasteiger partial charge in [-0.05, 0) is 44.9 Å². The maximum absolute atomic E-state index is 12.6. The predicted molar refractivity (Wildman–Crippen MR) is 113 cm³/mol. The number of hydrogen-bond donors (Lipinski definition) is 2. The molecule has 146 valence electrons. The number of nitrogens with zero attached hydrogens (tertiary/aromatic N) is 3. The standard InChI is InChI=1S/C21H25N5OS/c1-15-8-7-11-17(12-15)20-23-24-21(28)26(20)14-19(27)22-13-18(25(2)3)16-9-5-4-6-10-16/h4-12,18H,13-14H2,1-3H3,(H,22,27)(H,24,28)/t18-/m1/s1. The van der Waals surface area contributed by atoms with Gasteiger partial charge in [-0.1, -0.05) is 54.1 Å². The number of rotatable bonds is 7. The molecule has 6 nitrogen and oxygen atoms in total. The number of hydrogen-bond acceptors (Lipinski definition) is 4. The van der Waals surface area contributed by atoms with Gasteiger partial charge < -0.3 is 10.2 Å². The first-order chi connectivity index (χ1) is 13.5. The van der Waals surface area contributed by atoms with Gasteiger partial charge in [-0.25, -0.2) is 0 Å². The third kappa shape index (κ3) is 4.74. The van der Waals surface area contributed by atoms with Gasteiger partial charge in [0.05, 0.1) is 6.04 Å². The molecule has 7 heteroatoms. The molecule has 0 bridgehead atoms. The summed E-state index contributed by atoms with van der Waals surface area (Å²) in [6.45, 7) is 2.65. The highest BCUT2D eigenvalue weighted by atomic mass is 32.1. The van der Waals surface area contributed by atoms with Crippen molar-refractivity contribution in [2.24, 2.45) is 0 Å². The number of H-pyrrole nitrogens is 1. The van der Waals surface area contributed by atoms with E-state index in [1.54, 1.807) is 4.57 Å². The van der Waals surface area contributed by atoms with E-state index in [1.807, 2.05) is 63.5 Å². The van der Waals surface area contributed by atoms with Gasteiger partial charge >= 0.3 is 0 Å². The number of aromatic amines is 1. The second kappa shape index (κ2) is 8.95. The Morgan fingerprint density at radius 1 is 1.21 bits per heavy atom. The molecule has 0 aliphatic rings. The highest BCUT2D eigenvalue weighted by Crippen LogP contribution is 2.19. The maximum Gasteiger partial charge on any atom is 0.240 e. The fraction of sp³-hybridized carbons (Fsp3) is 0.286. The fourth-order valence-corrected chi connectivity index (χ4v) is 3.35. The molecule has 0 saturated carbocycles. The summed E-state index contributed by atoms with van der Waals surface area (Å²) in [6.07, 6.45) is 0. The van der Waals surface area contributed by atoms with Gasteiger partial charge in [0.1, 0.15) is 6.54 Å².